The molecule has 0 aliphatic rings. The van der Waals surface area contributed by atoms with Gasteiger partial charge in [0.25, 0.3) is 10.0 Å². The fraction of sp³-hybridized carbons (Fsp3) is 0.263. The summed E-state index contributed by atoms with van der Waals surface area (Å²) >= 11 is 0.860. The molecule has 1 amide bonds. The summed E-state index contributed by atoms with van der Waals surface area (Å²) in [7, 11) is -4.11. The van der Waals surface area contributed by atoms with Crippen LogP contribution in [-0.4, -0.2) is 14.3 Å². The van der Waals surface area contributed by atoms with Crippen molar-refractivity contribution < 1.29 is 17.6 Å². The molecule has 0 atom stereocenters. The van der Waals surface area contributed by atoms with E-state index in [2.05, 4.69) is 0 Å². The zero-order valence-electron chi connectivity index (χ0n) is 15.1. The minimum absolute atomic E-state index is 0.0363. The Labute approximate surface area is 161 Å². The summed E-state index contributed by atoms with van der Waals surface area (Å²) in [6.45, 7) is 5.25. The second-order valence-electron chi connectivity index (χ2n) is 6.35. The lowest BCUT2D eigenvalue weighted by molar-refractivity contribution is -0.120. The quantitative estimate of drug-likeness (QED) is 0.645. The van der Waals surface area contributed by atoms with E-state index >= 15 is 0 Å². The molecule has 27 heavy (non-hydrogen) atoms. The zero-order chi connectivity index (χ0) is 19.8. The third kappa shape index (κ3) is 3.68. The smallest absolute Gasteiger partial charge is 0.396 e. The first-order chi connectivity index (χ1) is 12.7. The molecule has 0 unspecified atom stereocenters. The monoisotopic (exact) mass is 405 g/mol. The molecule has 0 fully saturated rings. The third-order valence-electron chi connectivity index (χ3n) is 4.11. The van der Waals surface area contributed by atoms with Gasteiger partial charge in [0.05, 0.1) is 15.3 Å². The Morgan fingerprint density at radius 3 is 2.41 bits per heavy atom. The van der Waals surface area contributed by atoms with Gasteiger partial charge in [-0.1, -0.05) is 44.2 Å². The molecule has 0 N–H and O–H groups in total. The summed E-state index contributed by atoms with van der Waals surface area (Å²) in [5.74, 6) is -1.08. The standard InChI is InChI=1S/C19H19NO5S2/c1-4-13-5-8-15(9-6-13)27(23,24)20(18(21)12(2)3)14-7-10-16-17(11-14)26-19(22)25-16/h5-12H,4H2,1-3H3. The van der Waals surface area contributed by atoms with Crippen LogP contribution in [0.4, 0.5) is 5.69 Å². The number of carbonyl (C=O) groups excluding carboxylic acids is 1. The van der Waals surface area contributed by atoms with Gasteiger partial charge in [0.1, 0.15) is 5.58 Å². The van der Waals surface area contributed by atoms with E-state index in [1.54, 1.807) is 26.0 Å². The second kappa shape index (κ2) is 7.28. The van der Waals surface area contributed by atoms with Crippen LogP contribution < -0.4 is 9.24 Å². The predicted molar refractivity (Wildman–Crippen MR) is 106 cm³/mol. The molecular weight excluding hydrogens is 386 g/mol. The number of benzene rings is 2. The zero-order valence-corrected chi connectivity index (χ0v) is 16.8. The van der Waals surface area contributed by atoms with Crippen molar-refractivity contribution in [1.29, 1.82) is 0 Å². The van der Waals surface area contributed by atoms with Gasteiger partial charge in [-0.15, -0.1) is 0 Å². The normalized spacial score (nSPS) is 11.9. The van der Waals surface area contributed by atoms with Crippen molar-refractivity contribution in [1.82, 2.24) is 0 Å². The molecule has 6 nitrogen and oxygen atoms in total. The van der Waals surface area contributed by atoms with Gasteiger partial charge in [0.15, 0.2) is 0 Å². The number of fused-ring (bicyclic) bond motifs is 1. The number of hydrogen-bond donors (Lipinski definition) is 0. The molecule has 0 aliphatic heterocycles. The highest BCUT2D eigenvalue weighted by Crippen LogP contribution is 2.30. The van der Waals surface area contributed by atoms with Gasteiger partial charge in [-0.3, -0.25) is 4.79 Å². The van der Waals surface area contributed by atoms with E-state index in [1.807, 2.05) is 6.92 Å². The third-order valence-corrected chi connectivity index (χ3v) is 6.64. The van der Waals surface area contributed by atoms with Crippen LogP contribution >= 0.6 is 11.3 Å². The number of nitrogens with zero attached hydrogens (tertiary/aromatic N) is 1. The van der Waals surface area contributed by atoms with Crippen molar-refractivity contribution in [2.75, 3.05) is 4.31 Å². The molecular formula is C19H19NO5S2. The highest BCUT2D eigenvalue weighted by Gasteiger charge is 2.32. The predicted octanol–water partition coefficient (Wildman–Crippen LogP) is 3.79. The van der Waals surface area contributed by atoms with Gasteiger partial charge in [-0.25, -0.2) is 17.5 Å². The molecule has 1 aromatic heterocycles. The van der Waals surface area contributed by atoms with Crippen molar-refractivity contribution in [2.45, 2.75) is 32.1 Å². The minimum atomic E-state index is -4.11. The number of rotatable bonds is 5. The lowest BCUT2D eigenvalue weighted by atomic mass is 10.2. The molecule has 0 saturated carbocycles. The van der Waals surface area contributed by atoms with Crippen LogP contribution in [0.25, 0.3) is 10.3 Å². The van der Waals surface area contributed by atoms with Crippen molar-refractivity contribution in [3.05, 3.63) is 57.8 Å². The summed E-state index contributed by atoms with van der Waals surface area (Å²) in [5, 5.41) is 0. The van der Waals surface area contributed by atoms with Crippen LogP contribution in [0.2, 0.25) is 0 Å². The molecule has 142 valence electrons. The van der Waals surface area contributed by atoms with Crippen molar-refractivity contribution in [2.24, 2.45) is 5.92 Å². The summed E-state index contributed by atoms with van der Waals surface area (Å²) in [6.07, 6.45) is 0.783. The Kier molecular flexibility index (Phi) is 5.21. The average Bonchev–Trinajstić information content (AvgIpc) is 3.01. The van der Waals surface area contributed by atoms with Crippen LogP contribution in [0, 0.1) is 5.92 Å². The van der Waals surface area contributed by atoms with E-state index < -0.39 is 26.8 Å². The maximum Gasteiger partial charge on any atom is 0.396 e. The summed E-state index contributed by atoms with van der Waals surface area (Å²) < 4.78 is 32.8. The molecule has 0 bridgehead atoms. The SMILES string of the molecule is CCc1ccc(S(=O)(=O)N(C(=O)C(C)C)c2ccc3oc(=O)sc3c2)cc1. The van der Waals surface area contributed by atoms with Gasteiger partial charge in [0, 0.05) is 5.92 Å². The molecule has 0 spiro atoms. The number of hydrogen-bond acceptors (Lipinski definition) is 6. The number of aryl methyl sites for hydroxylation is 1. The molecule has 8 heteroatoms. The Balaban J connectivity index is 2.16. The highest BCUT2D eigenvalue weighted by molar-refractivity contribution is 7.93. The van der Waals surface area contributed by atoms with Gasteiger partial charge < -0.3 is 4.42 Å². The van der Waals surface area contributed by atoms with Gasteiger partial charge in [-0.2, -0.15) is 0 Å². The average molecular weight is 405 g/mol. The maximum atomic E-state index is 13.2. The number of sulfonamides is 1. The lowest BCUT2D eigenvalue weighted by Crippen LogP contribution is -2.39. The molecule has 3 aromatic rings. The maximum absolute atomic E-state index is 13.2. The van der Waals surface area contributed by atoms with E-state index in [-0.39, 0.29) is 10.6 Å². The number of amides is 1. The highest BCUT2D eigenvalue weighted by atomic mass is 32.2. The second-order valence-corrected chi connectivity index (χ2v) is 9.11. The molecule has 3 rings (SSSR count). The number of carbonyl (C=O) groups is 1. The Bertz CT molecular complexity index is 1140. The Hall–Kier alpha value is -2.45. The molecule has 2 aromatic carbocycles. The van der Waals surface area contributed by atoms with Crippen LogP contribution in [0.3, 0.4) is 0 Å². The van der Waals surface area contributed by atoms with E-state index in [0.717, 1.165) is 27.6 Å². The fourth-order valence-electron chi connectivity index (χ4n) is 2.61. The first-order valence-corrected chi connectivity index (χ1v) is 10.7. The van der Waals surface area contributed by atoms with E-state index in [1.165, 1.54) is 30.3 Å². The van der Waals surface area contributed by atoms with Crippen LogP contribution in [-0.2, 0) is 21.2 Å². The van der Waals surface area contributed by atoms with E-state index in [0.29, 0.717) is 10.3 Å². The summed E-state index contributed by atoms with van der Waals surface area (Å²) in [6, 6.07) is 10.9. The topological polar surface area (TPSA) is 84.7 Å². The minimum Gasteiger partial charge on any atom is -0.414 e. The van der Waals surface area contributed by atoms with Gasteiger partial charge >= 0.3 is 4.94 Å². The van der Waals surface area contributed by atoms with Crippen LogP contribution in [0.5, 0.6) is 0 Å². The van der Waals surface area contributed by atoms with Crippen molar-refractivity contribution in [3.8, 4) is 0 Å². The first-order valence-electron chi connectivity index (χ1n) is 8.46. The molecule has 0 aliphatic carbocycles. The first kappa shape index (κ1) is 19.3. The summed E-state index contributed by atoms with van der Waals surface area (Å²) in [5.41, 5.74) is 1.54. The summed E-state index contributed by atoms with van der Waals surface area (Å²) in [4.78, 5) is 23.8. The Morgan fingerprint density at radius 1 is 1.15 bits per heavy atom. The molecule has 0 saturated heterocycles. The molecule has 0 radical (unpaired) electrons. The van der Waals surface area contributed by atoms with Crippen molar-refractivity contribution >= 4 is 43.2 Å². The lowest BCUT2D eigenvalue weighted by Gasteiger charge is -2.24. The fourth-order valence-corrected chi connectivity index (χ4v) is 4.84. The van der Waals surface area contributed by atoms with Gasteiger partial charge in [-0.05, 0) is 42.3 Å². The van der Waals surface area contributed by atoms with E-state index in [9.17, 15) is 18.0 Å². The molecule has 1 heterocycles. The Morgan fingerprint density at radius 2 is 1.81 bits per heavy atom. The largest absolute Gasteiger partial charge is 0.414 e. The van der Waals surface area contributed by atoms with Crippen LogP contribution in [0.15, 0.2) is 56.6 Å². The number of anilines is 1. The van der Waals surface area contributed by atoms with Crippen molar-refractivity contribution in [3.63, 3.8) is 0 Å². The van der Waals surface area contributed by atoms with Crippen LogP contribution in [0.1, 0.15) is 26.3 Å². The van der Waals surface area contributed by atoms with Gasteiger partial charge in [0.2, 0.25) is 5.91 Å². The van der Waals surface area contributed by atoms with E-state index in [4.69, 9.17) is 4.42 Å².